The van der Waals surface area contributed by atoms with Crippen LogP contribution >= 0.6 is 0 Å². The molecule has 4 N–H and O–H groups in total. The lowest BCUT2D eigenvalue weighted by Crippen LogP contribution is -2.39. The third kappa shape index (κ3) is 4.70. The van der Waals surface area contributed by atoms with Crippen LogP contribution in [0.4, 0.5) is 10.2 Å². The SMILES string of the molecule is CCC(Nc1ncnc2nc[nH]c12)[C@@H](C(=O)O)C(CCC(=O)O)c1cccc(F)c1. The summed E-state index contributed by atoms with van der Waals surface area (Å²) >= 11 is 0. The van der Waals surface area contributed by atoms with Gasteiger partial charge in [0.1, 0.15) is 17.7 Å². The van der Waals surface area contributed by atoms with E-state index >= 15 is 0 Å². The van der Waals surface area contributed by atoms with Gasteiger partial charge in [0.15, 0.2) is 11.5 Å². The first-order chi connectivity index (χ1) is 14.4. The van der Waals surface area contributed by atoms with Gasteiger partial charge in [0.2, 0.25) is 0 Å². The largest absolute Gasteiger partial charge is 0.481 e. The van der Waals surface area contributed by atoms with E-state index in [-0.39, 0.29) is 12.8 Å². The minimum Gasteiger partial charge on any atom is -0.481 e. The predicted molar refractivity (Wildman–Crippen MR) is 107 cm³/mol. The molecule has 3 rings (SSSR count). The maximum Gasteiger partial charge on any atom is 0.309 e. The third-order valence-electron chi connectivity index (χ3n) is 5.08. The van der Waals surface area contributed by atoms with Crippen molar-refractivity contribution in [3.05, 3.63) is 48.3 Å². The predicted octanol–water partition coefficient (Wildman–Crippen LogP) is 3.03. The highest BCUT2D eigenvalue weighted by atomic mass is 19.1. The number of carboxylic acid groups (broad SMARTS) is 2. The first kappa shape index (κ1) is 21.2. The molecule has 0 spiro atoms. The van der Waals surface area contributed by atoms with Crippen molar-refractivity contribution in [3.63, 3.8) is 0 Å². The average molecular weight is 415 g/mol. The molecule has 0 amide bonds. The summed E-state index contributed by atoms with van der Waals surface area (Å²) < 4.78 is 13.9. The summed E-state index contributed by atoms with van der Waals surface area (Å²) in [7, 11) is 0. The molecule has 158 valence electrons. The first-order valence-corrected chi connectivity index (χ1v) is 9.51. The van der Waals surface area contributed by atoms with Gasteiger partial charge in [-0.2, -0.15) is 0 Å². The molecular weight excluding hydrogens is 393 g/mol. The van der Waals surface area contributed by atoms with Crippen molar-refractivity contribution < 1.29 is 24.2 Å². The van der Waals surface area contributed by atoms with Crippen molar-refractivity contribution in [1.29, 1.82) is 0 Å². The van der Waals surface area contributed by atoms with Gasteiger partial charge in [-0.3, -0.25) is 9.59 Å². The highest BCUT2D eigenvalue weighted by Crippen LogP contribution is 2.35. The minimum absolute atomic E-state index is 0.0528. The number of fused-ring (bicyclic) bond motifs is 1. The standard InChI is InChI=1S/C20H22FN5O4/c1-2-14(26-19-17-18(23-9-22-17)24-10-25-19)16(20(29)30)13(6-7-15(27)28)11-4-3-5-12(21)8-11/h3-5,8-10,13-14,16H,2,6-7H2,1H3,(H,27,28)(H,29,30)(H2,22,23,24,25,26)/t13?,14?,16-/m0/s1. The number of imidazole rings is 1. The highest BCUT2D eigenvalue weighted by Gasteiger charge is 2.36. The van der Waals surface area contributed by atoms with Crippen LogP contribution in [0.2, 0.25) is 0 Å². The number of carbonyl (C=O) groups is 2. The zero-order chi connectivity index (χ0) is 21.7. The Morgan fingerprint density at radius 2 is 2.03 bits per heavy atom. The Balaban J connectivity index is 1.98. The molecule has 0 aliphatic rings. The Hall–Kier alpha value is -3.56. The second-order valence-electron chi connectivity index (χ2n) is 6.94. The van der Waals surface area contributed by atoms with E-state index in [1.165, 1.54) is 30.9 Å². The van der Waals surface area contributed by atoms with Crippen LogP contribution in [0, 0.1) is 11.7 Å². The van der Waals surface area contributed by atoms with Gasteiger partial charge in [0, 0.05) is 12.5 Å². The number of rotatable bonds is 10. The van der Waals surface area contributed by atoms with E-state index in [0.717, 1.165) is 0 Å². The summed E-state index contributed by atoms with van der Waals surface area (Å²) in [5.41, 5.74) is 1.41. The molecule has 0 aliphatic heterocycles. The van der Waals surface area contributed by atoms with Crippen LogP contribution in [0.15, 0.2) is 36.9 Å². The Kier molecular flexibility index (Phi) is 6.55. The molecule has 9 nitrogen and oxygen atoms in total. The van der Waals surface area contributed by atoms with Crippen LogP contribution in [-0.4, -0.2) is 48.1 Å². The summed E-state index contributed by atoms with van der Waals surface area (Å²) in [4.78, 5) is 38.7. The number of halogens is 1. The van der Waals surface area contributed by atoms with E-state index in [4.69, 9.17) is 5.11 Å². The number of hydrogen-bond donors (Lipinski definition) is 4. The van der Waals surface area contributed by atoms with E-state index < -0.39 is 35.6 Å². The lowest BCUT2D eigenvalue weighted by molar-refractivity contribution is -0.144. The smallest absolute Gasteiger partial charge is 0.309 e. The van der Waals surface area contributed by atoms with E-state index in [9.17, 15) is 19.1 Å². The number of carboxylic acids is 2. The zero-order valence-corrected chi connectivity index (χ0v) is 16.2. The number of aromatic nitrogens is 4. The molecule has 10 heteroatoms. The van der Waals surface area contributed by atoms with Crippen molar-refractivity contribution in [2.24, 2.45) is 5.92 Å². The van der Waals surface area contributed by atoms with Crippen LogP contribution in [0.25, 0.3) is 11.2 Å². The van der Waals surface area contributed by atoms with Gasteiger partial charge in [-0.15, -0.1) is 0 Å². The maximum absolute atomic E-state index is 13.9. The van der Waals surface area contributed by atoms with Gasteiger partial charge in [-0.25, -0.2) is 19.3 Å². The van der Waals surface area contributed by atoms with Gasteiger partial charge >= 0.3 is 11.9 Å². The molecule has 3 aromatic rings. The molecule has 0 bridgehead atoms. The molecule has 1 aromatic carbocycles. The molecule has 2 unspecified atom stereocenters. The Morgan fingerprint density at radius 1 is 1.23 bits per heavy atom. The second kappa shape index (κ2) is 9.29. The number of anilines is 1. The van der Waals surface area contributed by atoms with E-state index in [0.29, 0.717) is 29.0 Å². The van der Waals surface area contributed by atoms with Crippen LogP contribution < -0.4 is 5.32 Å². The number of aromatic amines is 1. The van der Waals surface area contributed by atoms with Gasteiger partial charge in [0.05, 0.1) is 12.2 Å². The average Bonchev–Trinajstić information content (AvgIpc) is 3.19. The highest BCUT2D eigenvalue weighted by molar-refractivity contribution is 5.82. The molecule has 0 fully saturated rings. The molecule has 3 atom stereocenters. The third-order valence-corrected chi connectivity index (χ3v) is 5.08. The Bertz CT molecular complexity index is 1040. The van der Waals surface area contributed by atoms with Crippen molar-refractivity contribution in [3.8, 4) is 0 Å². The topological polar surface area (TPSA) is 141 Å². The van der Waals surface area contributed by atoms with Crippen LogP contribution in [0.1, 0.15) is 37.7 Å². The van der Waals surface area contributed by atoms with Crippen LogP contribution in [-0.2, 0) is 9.59 Å². The number of benzene rings is 1. The second-order valence-corrected chi connectivity index (χ2v) is 6.94. The maximum atomic E-state index is 13.9. The van der Waals surface area contributed by atoms with E-state index in [2.05, 4.69) is 25.3 Å². The zero-order valence-electron chi connectivity index (χ0n) is 16.2. The van der Waals surface area contributed by atoms with Crippen LogP contribution in [0.5, 0.6) is 0 Å². The van der Waals surface area contributed by atoms with Crippen molar-refractivity contribution in [2.45, 2.75) is 38.1 Å². The fourth-order valence-electron chi connectivity index (χ4n) is 3.69. The van der Waals surface area contributed by atoms with Crippen LogP contribution in [0.3, 0.4) is 0 Å². The number of nitrogens with zero attached hydrogens (tertiary/aromatic N) is 3. The Labute approximate surface area is 171 Å². The van der Waals surface area contributed by atoms with E-state index in [1.807, 2.05) is 6.92 Å². The van der Waals surface area contributed by atoms with Crippen molar-refractivity contribution in [1.82, 2.24) is 19.9 Å². The molecule has 30 heavy (non-hydrogen) atoms. The summed E-state index contributed by atoms with van der Waals surface area (Å²) in [5, 5.41) is 22.4. The van der Waals surface area contributed by atoms with Gasteiger partial charge in [-0.1, -0.05) is 19.1 Å². The van der Waals surface area contributed by atoms with Gasteiger partial charge < -0.3 is 20.5 Å². The number of aliphatic carboxylic acids is 2. The number of hydrogen-bond acceptors (Lipinski definition) is 6. The van der Waals surface area contributed by atoms with Crippen molar-refractivity contribution >= 4 is 28.9 Å². The molecule has 0 aliphatic carbocycles. The molecular formula is C20H22FN5O4. The molecule has 0 saturated carbocycles. The van der Waals surface area contributed by atoms with Gasteiger partial charge in [0.25, 0.3) is 0 Å². The summed E-state index contributed by atoms with van der Waals surface area (Å²) in [6.07, 6.45) is 3.01. The van der Waals surface area contributed by atoms with Gasteiger partial charge in [-0.05, 0) is 36.5 Å². The Morgan fingerprint density at radius 3 is 2.70 bits per heavy atom. The summed E-state index contributed by atoms with van der Waals surface area (Å²) in [5.74, 6) is -4.00. The number of H-pyrrole nitrogens is 1. The van der Waals surface area contributed by atoms with E-state index in [1.54, 1.807) is 6.07 Å². The monoisotopic (exact) mass is 415 g/mol. The normalized spacial score (nSPS) is 14.2. The molecule has 0 saturated heterocycles. The summed E-state index contributed by atoms with van der Waals surface area (Å²) in [6.45, 7) is 1.82. The lowest BCUT2D eigenvalue weighted by Gasteiger charge is -2.31. The first-order valence-electron chi connectivity index (χ1n) is 9.51. The summed E-state index contributed by atoms with van der Waals surface area (Å²) in [6, 6.07) is 5.03. The minimum atomic E-state index is -1.11. The van der Waals surface area contributed by atoms with Crippen molar-refractivity contribution in [2.75, 3.05) is 5.32 Å². The molecule has 2 aromatic heterocycles. The lowest BCUT2D eigenvalue weighted by atomic mass is 9.77. The quantitative estimate of drug-likeness (QED) is 0.396. The molecule has 0 radical (unpaired) electrons. The number of nitrogens with one attached hydrogen (secondary N) is 2. The fourth-order valence-corrected chi connectivity index (χ4v) is 3.69. The fraction of sp³-hybridized carbons (Fsp3) is 0.350. The molecule has 2 heterocycles.